The molecule has 0 spiro atoms. The molecule has 0 aromatic heterocycles. The molecule has 208 valence electrons. The minimum absolute atomic E-state index is 0.228. The van der Waals surface area contributed by atoms with Crippen LogP contribution in [0.25, 0.3) is 0 Å². The van der Waals surface area contributed by atoms with Gasteiger partial charge in [-0.1, -0.05) is 59.2 Å². The highest BCUT2D eigenvalue weighted by Gasteiger charge is 2.42. The minimum Gasteiger partial charge on any atom is -0.395 e. The van der Waals surface area contributed by atoms with E-state index in [4.69, 9.17) is 34.3 Å². The first-order chi connectivity index (χ1) is 15.7. The Bertz CT molecular complexity index is 677. The van der Waals surface area contributed by atoms with Crippen LogP contribution in [-0.4, -0.2) is 74.5 Å². The number of aliphatic hydroxyl groups is 4. The number of benzene rings is 1. The second-order valence-electron chi connectivity index (χ2n) is 9.87. The number of aryl methyl sites for hydroxylation is 1. The van der Waals surface area contributed by atoms with Crippen molar-refractivity contribution in [3.63, 3.8) is 0 Å². The van der Waals surface area contributed by atoms with Crippen LogP contribution < -0.4 is 0 Å². The fourth-order valence-electron chi connectivity index (χ4n) is 3.11. The highest BCUT2D eigenvalue weighted by molar-refractivity contribution is 7.53. The largest absolute Gasteiger partial charge is 0.395 e. The first-order valence-corrected chi connectivity index (χ1v) is 13.8. The lowest BCUT2D eigenvalue weighted by molar-refractivity contribution is -0.0862. The molecule has 35 heavy (non-hydrogen) atoms. The molecule has 15 heteroatoms. The molecule has 0 saturated heterocycles. The van der Waals surface area contributed by atoms with Crippen molar-refractivity contribution in [3.05, 3.63) is 34.4 Å². The summed E-state index contributed by atoms with van der Waals surface area (Å²) in [6.07, 6.45) is -1.17. The molecule has 0 amide bonds. The van der Waals surface area contributed by atoms with Crippen LogP contribution >= 0.6 is 25.8 Å². The summed E-state index contributed by atoms with van der Waals surface area (Å²) in [6, 6.07) is 4.09. The highest BCUT2D eigenvalue weighted by Crippen LogP contribution is 2.44. The molecule has 0 heterocycles. The summed E-state index contributed by atoms with van der Waals surface area (Å²) in [5, 5.41) is 40.4. The van der Waals surface area contributed by atoms with E-state index in [-0.39, 0.29) is 10.8 Å². The van der Waals surface area contributed by atoms with Gasteiger partial charge in [0.25, 0.3) is 0 Å². The fraction of sp³-hybridized carbons (Fsp3) is 0.700. The van der Waals surface area contributed by atoms with Crippen molar-refractivity contribution in [2.24, 2.45) is 5.41 Å². The normalized spacial score (nSPS) is 13.4. The zero-order valence-electron chi connectivity index (χ0n) is 21.0. The minimum atomic E-state index is -2.62. The Morgan fingerprint density at radius 1 is 0.714 bits per heavy atom. The van der Waals surface area contributed by atoms with Crippen molar-refractivity contribution in [2.45, 2.75) is 65.4 Å². The summed E-state index contributed by atoms with van der Waals surface area (Å²) in [5.41, 5.74) is 1.92. The Morgan fingerprint density at radius 3 is 1.17 bits per heavy atom. The van der Waals surface area contributed by atoms with E-state index in [1.807, 2.05) is 19.1 Å². The Hall–Kier alpha value is 0.0300. The Morgan fingerprint density at radius 2 is 1.00 bits per heavy atom. The molecule has 0 fully saturated rings. The average Bonchev–Trinajstić information content (AvgIpc) is 2.66. The molecule has 1 aromatic rings. The molecular weight excluding hydrogens is 525 g/mol. The van der Waals surface area contributed by atoms with Gasteiger partial charge in [0.1, 0.15) is 0 Å². The van der Waals surface area contributed by atoms with Crippen molar-refractivity contribution in [1.82, 2.24) is 0 Å². The van der Waals surface area contributed by atoms with Gasteiger partial charge in [0.05, 0.1) is 31.3 Å². The molecule has 1 atom stereocenters. The summed E-state index contributed by atoms with van der Waals surface area (Å²) in [6.45, 7) is 13.0. The summed E-state index contributed by atoms with van der Waals surface area (Å²) in [4.78, 5) is 53.0. The van der Waals surface area contributed by atoms with Gasteiger partial charge in [-0.15, -0.1) is 0 Å². The van der Waals surface area contributed by atoms with Crippen molar-refractivity contribution >= 4 is 25.8 Å². The van der Waals surface area contributed by atoms with E-state index in [0.29, 0.717) is 5.56 Å². The van der Waals surface area contributed by atoms with Crippen LogP contribution in [-0.2, 0) is 15.1 Å². The summed E-state index contributed by atoms with van der Waals surface area (Å²) in [7, 11) is -7.84. The van der Waals surface area contributed by atoms with Gasteiger partial charge in [-0.3, -0.25) is 0 Å². The SMILES string of the molecule is Cc1cc(C(C)(C)C)c(C(O)C(CO)(CO)CO)c(C(C)(C)C)c1.OP(O)O.OP(O)OP(O)O. The van der Waals surface area contributed by atoms with Gasteiger partial charge in [-0.2, -0.15) is 0 Å². The third kappa shape index (κ3) is 13.4. The third-order valence-corrected chi connectivity index (χ3v) is 6.05. The molecule has 0 aliphatic rings. The molecule has 0 aliphatic heterocycles. The summed E-state index contributed by atoms with van der Waals surface area (Å²) in [5.74, 6) is 0. The van der Waals surface area contributed by atoms with Crippen LogP contribution in [0.5, 0.6) is 0 Å². The van der Waals surface area contributed by atoms with E-state index < -0.39 is 57.1 Å². The number of aliphatic hydroxyl groups excluding tert-OH is 4. The zero-order valence-corrected chi connectivity index (χ0v) is 23.7. The standard InChI is InChI=1S/C20H34O4.H4O5P2.H3O3P/c1-13-8-14(18(2,3)4)16(15(9-13)19(5,6)7)17(24)20(10-21,11-22)12-23;1-6(2)5-7(3)4;1-4(2)3/h8-9,17,21-24H,10-12H2,1-7H3;1-4H;1-3H. The summed E-state index contributed by atoms with van der Waals surface area (Å²) >= 11 is 0. The van der Waals surface area contributed by atoms with E-state index in [9.17, 15) is 20.4 Å². The molecule has 0 bridgehead atoms. The predicted molar refractivity (Wildman–Crippen MR) is 135 cm³/mol. The van der Waals surface area contributed by atoms with E-state index in [1.54, 1.807) is 0 Å². The quantitative estimate of drug-likeness (QED) is 0.209. The lowest BCUT2D eigenvalue weighted by Crippen LogP contribution is -2.42. The molecule has 11 N–H and O–H groups in total. The fourth-order valence-corrected chi connectivity index (χ4v) is 3.64. The Labute approximate surface area is 210 Å². The first kappa shape index (κ1) is 37.2. The predicted octanol–water partition coefficient (Wildman–Crippen LogP) is 1.20. The van der Waals surface area contributed by atoms with E-state index >= 15 is 0 Å². The van der Waals surface area contributed by atoms with Crippen molar-refractivity contribution in [1.29, 1.82) is 0 Å². The van der Waals surface area contributed by atoms with Gasteiger partial charge in [0.2, 0.25) is 0 Å². The van der Waals surface area contributed by atoms with E-state index in [1.165, 1.54) is 0 Å². The van der Waals surface area contributed by atoms with Crippen LogP contribution in [0.1, 0.15) is 69.9 Å². The third-order valence-electron chi connectivity index (χ3n) is 4.88. The van der Waals surface area contributed by atoms with Crippen molar-refractivity contribution in [2.75, 3.05) is 19.8 Å². The van der Waals surface area contributed by atoms with Gasteiger partial charge in [0.15, 0.2) is 0 Å². The van der Waals surface area contributed by atoms with Crippen LogP contribution in [0.4, 0.5) is 0 Å². The highest BCUT2D eigenvalue weighted by atomic mass is 31.2. The van der Waals surface area contributed by atoms with Gasteiger partial charge >= 0.3 is 25.8 Å². The number of hydrogen-bond donors (Lipinski definition) is 11. The molecule has 0 aliphatic carbocycles. The molecule has 1 aromatic carbocycles. The number of rotatable bonds is 7. The lowest BCUT2D eigenvalue weighted by atomic mass is 9.69. The second-order valence-corrected chi connectivity index (χ2v) is 12.1. The maximum Gasteiger partial charge on any atom is 0.334 e. The maximum absolute atomic E-state index is 11.1. The smallest absolute Gasteiger partial charge is 0.334 e. The second kappa shape index (κ2) is 16.1. The van der Waals surface area contributed by atoms with E-state index in [0.717, 1.165) is 16.7 Å². The molecule has 0 saturated carbocycles. The van der Waals surface area contributed by atoms with E-state index in [2.05, 4.69) is 45.9 Å². The van der Waals surface area contributed by atoms with Crippen LogP contribution in [0.2, 0.25) is 0 Å². The Balaban J connectivity index is 0. The Kier molecular flexibility index (Phi) is 17.1. The van der Waals surface area contributed by atoms with Crippen LogP contribution in [0.15, 0.2) is 12.1 Å². The molecule has 12 nitrogen and oxygen atoms in total. The molecule has 1 rings (SSSR count). The molecular formula is C20H41O12P3. The van der Waals surface area contributed by atoms with Gasteiger partial charge < -0.3 is 54.7 Å². The average molecular weight is 566 g/mol. The zero-order chi connectivity index (χ0) is 28.4. The van der Waals surface area contributed by atoms with Crippen molar-refractivity contribution < 1.29 is 59.0 Å². The summed E-state index contributed by atoms with van der Waals surface area (Å²) < 4.78 is 3.60. The number of hydrogen-bond acceptors (Lipinski definition) is 12. The van der Waals surface area contributed by atoms with Gasteiger partial charge in [0, 0.05) is 0 Å². The van der Waals surface area contributed by atoms with Crippen LogP contribution in [0, 0.1) is 12.3 Å². The topological polar surface area (TPSA) is 232 Å². The van der Waals surface area contributed by atoms with Crippen LogP contribution in [0.3, 0.4) is 0 Å². The van der Waals surface area contributed by atoms with Crippen molar-refractivity contribution in [3.8, 4) is 0 Å². The first-order valence-electron chi connectivity index (χ1n) is 10.3. The van der Waals surface area contributed by atoms with Gasteiger partial charge in [-0.25, -0.2) is 4.31 Å². The molecule has 0 radical (unpaired) electrons. The monoisotopic (exact) mass is 566 g/mol. The molecule has 1 unspecified atom stereocenters. The maximum atomic E-state index is 11.1. The van der Waals surface area contributed by atoms with Gasteiger partial charge in [-0.05, 0) is 34.4 Å². The lowest BCUT2D eigenvalue weighted by Gasteiger charge is -2.39.